The Morgan fingerprint density at radius 3 is 2.87 bits per heavy atom. The average molecular weight is 339 g/mol. The number of ether oxygens (including phenoxy) is 1. The van der Waals surface area contributed by atoms with Crippen LogP contribution in [-0.2, 0) is 4.79 Å². The number of carbonyl (C=O) groups excluding carboxylic acids is 1. The van der Waals surface area contributed by atoms with E-state index < -0.39 is 0 Å². The van der Waals surface area contributed by atoms with Gasteiger partial charge in [-0.15, -0.1) is 12.4 Å². The minimum Gasteiger partial charge on any atom is -0.493 e. The van der Waals surface area contributed by atoms with Crippen molar-refractivity contribution in [2.75, 3.05) is 19.7 Å². The number of carbonyl (C=O) groups is 1. The third-order valence-electron chi connectivity index (χ3n) is 4.76. The summed E-state index contributed by atoms with van der Waals surface area (Å²) in [4.78, 5) is 14.4. The maximum absolute atomic E-state index is 12.3. The molecule has 1 amide bonds. The van der Waals surface area contributed by atoms with Crippen LogP contribution in [0.5, 0.6) is 5.75 Å². The number of nitrogens with one attached hydrogen (secondary N) is 1. The molecule has 2 fully saturated rings. The number of para-hydroxylation sites is 1. The van der Waals surface area contributed by atoms with Gasteiger partial charge in [-0.05, 0) is 44.2 Å². The van der Waals surface area contributed by atoms with Crippen LogP contribution in [0.3, 0.4) is 0 Å². The number of halogens is 1. The first-order chi connectivity index (χ1) is 10.7. The van der Waals surface area contributed by atoms with E-state index in [1.165, 1.54) is 12.8 Å². The summed E-state index contributed by atoms with van der Waals surface area (Å²) in [6.45, 7) is 4.44. The second-order valence-corrected chi connectivity index (χ2v) is 6.48. The summed E-state index contributed by atoms with van der Waals surface area (Å²) < 4.78 is 5.77. The molecular weight excluding hydrogens is 312 g/mol. The van der Waals surface area contributed by atoms with Crippen molar-refractivity contribution in [3.8, 4) is 5.75 Å². The number of amides is 1. The van der Waals surface area contributed by atoms with Gasteiger partial charge in [0.2, 0.25) is 5.91 Å². The van der Waals surface area contributed by atoms with Crippen molar-refractivity contribution < 1.29 is 9.53 Å². The zero-order valence-corrected chi connectivity index (χ0v) is 14.6. The minimum atomic E-state index is 0. The quantitative estimate of drug-likeness (QED) is 0.839. The summed E-state index contributed by atoms with van der Waals surface area (Å²) in [5.74, 6) is 1.20. The van der Waals surface area contributed by atoms with Crippen molar-refractivity contribution in [1.82, 2.24) is 10.2 Å². The summed E-state index contributed by atoms with van der Waals surface area (Å²) in [5, 5.41) is 3.61. The van der Waals surface area contributed by atoms with Crippen LogP contribution in [0.4, 0.5) is 0 Å². The van der Waals surface area contributed by atoms with Gasteiger partial charge in [-0.25, -0.2) is 0 Å². The van der Waals surface area contributed by atoms with Gasteiger partial charge in [-0.3, -0.25) is 4.79 Å². The molecule has 1 aromatic carbocycles. The molecular formula is C18H27ClN2O2. The number of hydrogen-bond donors (Lipinski definition) is 1. The van der Waals surface area contributed by atoms with Gasteiger partial charge in [0.25, 0.3) is 0 Å². The van der Waals surface area contributed by atoms with E-state index in [2.05, 4.69) is 5.32 Å². The van der Waals surface area contributed by atoms with Crippen LogP contribution >= 0.6 is 12.4 Å². The van der Waals surface area contributed by atoms with E-state index in [-0.39, 0.29) is 18.3 Å². The molecule has 2 heterocycles. The molecule has 4 nitrogen and oxygen atoms in total. The summed E-state index contributed by atoms with van der Waals surface area (Å²) in [6, 6.07) is 9.15. The monoisotopic (exact) mass is 338 g/mol. The second-order valence-electron chi connectivity index (χ2n) is 6.48. The van der Waals surface area contributed by atoms with Crippen LogP contribution in [0.2, 0.25) is 0 Å². The highest BCUT2D eigenvalue weighted by Gasteiger charge is 2.30. The van der Waals surface area contributed by atoms with Gasteiger partial charge in [-0.2, -0.15) is 0 Å². The van der Waals surface area contributed by atoms with Crippen molar-refractivity contribution >= 4 is 18.3 Å². The summed E-state index contributed by atoms with van der Waals surface area (Å²) in [7, 11) is 0. The number of benzene rings is 1. The zero-order chi connectivity index (χ0) is 15.4. The third-order valence-corrected chi connectivity index (χ3v) is 4.76. The Labute approximate surface area is 145 Å². The number of likely N-dealkylation sites (tertiary alicyclic amines) is 1. The molecule has 5 heteroatoms. The Morgan fingerprint density at radius 2 is 2.04 bits per heavy atom. The van der Waals surface area contributed by atoms with E-state index in [1.807, 2.05) is 36.1 Å². The van der Waals surface area contributed by atoms with Gasteiger partial charge in [0.15, 0.2) is 0 Å². The molecule has 2 saturated heterocycles. The van der Waals surface area contributed by atoms with Gasteiger partial charge in [0.1, 0.15) is 5.75 Å². The fraction of sp³-hybridized carbons (Fsp3) is 0.611. The molecule has 2 atom stereocenters. The zero-order valence-electron chi connectivity index (χ0n) is 13.8. The van der Waals surface area contributed by atoms with E-state index in [0.717, 1.165) is 37.2 Å². The van der Waals surface area contributed by atoms with Gasteiger partial charge < -0.3 is 15.0 Å². The van der Waals surface area contributed by atoms with E-state index in [4.69, 9.17) is 4.74 Å². The normalized spacial score (nSPS) is 23.1. The van der Waals surface area contributed by atoms with Crippen LogP contribution in [0.25, 0.3) is 0 Å². The number of hydrogen-bond acceptors (Lipinski definition) is 3. The molecule has 23 heavy (non-hydrogen) atoms. The second kappa shape index (κ2) is 8.55. The fourth-order valence-corrected chi connectivity index (χ4v) is 3.45. The fourth-order valence-electron chi connectivity index (χ4n) is 3.45. The van der Waals surface area contributed by atoms with Crippen molar-refractivity contribution in [1.29, 1.82) is 0 Å². The van der Waals surface area contributed by atoms with Crippen LogP contribution in [0, 0.1) is 6.92 Å². The van der Waals surface area contributed by atoms with E-state index in [1.54, 1.807) is 0 Å². The molecule has 2 bridgehead atoms. The van der Waals surface area contributed by atoms with Crippen molar-refractivity contribution in [2.45, 2.75) is 51.1 Å². The molecule has 0 radical (unpaired) electrons. The molecule has 0 aromatic heterocycles. The van der Waals surface area contributed by atoms with E-state index in [9.17, 15) is 4.79 Å². The predicted octanol–water partition coefficient (Wildman–Crippen LogP) is 2.93. The topological polar surface area (TPSA) is 41.6 Å². The number of fused-ring (bicyclic) bond motifs is 2. The first-order valence-electron chi connectivity index (χ1n) is 8.44. The van der Waals surface area contributed by atoms with E-state index in [0.29, 0.717) is 25.1 Å². The SMILES string of the molecule is Cc1ccccc1OCCCC(=O)N1CCC2CCC(C1)N2.Cl. The van der Waals surface area contributed by atoms with Crippen molar-refractivity contribution in [3.63, 3.8) is 0 Å². The van der Waals surface area contributed by atoms with Crippen LogP contribution in [-0.4, -0.2) is 42.6 Å². The molecule has 2 unspecified atom stereocenters. The van der Waals surface area contributed by atoms with Gasteiger partial charge in [0.05, 0.1) is 6.61 Å². The lowest BCUT2D eigenvalue weighted by molar-refractivity contribution is -0.131. The Bertz CT molecular complexity index is 523. The lowest BCUT2D eigenvalue weighted by Gasteiger charge is -2.24. The summed E-state index contributed by atoms with van der Waals surface area (Å²) in [6.07, 6.45) is 4.96. The smallest absolute Gasteiger partial charge is 0.222 e. The maximum atomic E-state index is 12.3. The minimum absolute atomic E-state index is 0. The molecule has 128 valence electrons. The van der Waals surface area contributed by atoms with Crippen LogP contribution in [0.1, 0.15) is 37.7 Å². The number of aryl methyl sites for hydroxylation is 1. The van der Waals surface area contributed by atoms with Crippen molar-refractivity contribution in [3.05, 3.63) is 29.8 Å². The predicted molar refractivity (Wildman–Crippen MR) is 94.3 cm³/mol. The molecule has 2 aliphatic rings. The molecule has 0 saturated carbocycles. The lowest BCUT2D eigenvalue weighted by Crippen LogP contribution is -2.39. The average Bonchev–Trinajstić information content (AvgIpc) is 2.84. The highest BCUT2D eigenvalue weighted by Crippen LogP contribution is 2.21. The summed E-state index contributed by atoms with van der Waals surface area (Å²) in [5.41, 5.74) is 1.14. The van der Waals surface area contributed by atoms with Crippen molar-refractivity contribution in [2.24, 2.45) is 0 Å². The Balaban J connectivity index is 0.00000192. The first kappa shape index (κ1) is 18.1. The summed E-state index contributed by atoms with van der Waals surface area (Å²) >= 11 is 0. The van der Waals surface area contributed by atoms with Gasteiger partial charge >= 0.3 is 0 Å². The Hall–Kier alpha value is -1.26. The molecule has 1 aromatic rings. The maximum Gasteiger partial charge on any atom is 0.222 e. The number of rotatable bonds is 5. The lowest BCUT2D eigenvalue weighted by atomic mass is 10.1. The first-order valence-corrected chi connectivity index (χ1v) is 8.44. The highest BCUT2D eigenvalue weighted by atomic mass is 35.5. The largest absolute Gasteiger partial charge is 0.493 e. The number of nitrogens with zero attached hydrogens (tertiary/aromatic N) is 1. The van der Waals surface area contributed by atoms with Crippen LogP contribution in [0.15, 0.2) is 24.3 Å². The van der Waals surface area contributed by atoms with Gasteiger partial charge in [0, 0.05) is 31.6 Å². The van der Waals surface area contributed by atoms with Gasteiger partial charge in [-0.1, -0.05) is 18.2 Å². The Morgan fingerprint density at radius 1 is 1.26 bits per heavy atom. The highest BCUT2D eigenvalue weighted by molar-refractivity contribution is 5.85. The standard InChI is InChI=1S/C18H26N2O2.ClH/c1-14-5-2-3-6-17(14)22-12-4-7-18(21)20-11-10-15-8-9-16(13-20)19-15;/h2-3,5-6,15-16,19H,4,7-13H2,1H3;1H. The Kier molecular flexibility index (Phi) is 6.72. The molecule has 0 spiro atoms. The molecule has 1 N–H and O–H groups in total. The van der Waals surface area contributed by atoms with E-state index >= 15 is 0 Å². The molecule has 0 aliphatic carbocycles. The molecule has 3 rings (SSSR count). The third kappa shape index (κ3) is 4.85. The molecule has 2 aliphatic heterocycles. The van der Waals surface area contributed by atoms with Crippen LogP contribution < -0.4 is 10.1 Å².